The summed E-state index contributed by atoms with van der Waals surface area (Å²) in [5.74, 6) is -0.0442. The van der Waals surface area contributed by atoms with Crippen molar-refractivity contribution in [1.29, 1.82) is 0 Å². The summed E-state index contributed by atoms with van der Waals surface area (Å²) in [5, 5.41) is 10.8. The van der Waals surface area contributed by atoms with Crippen molar-refractivity contribution >= 4 is 18.3 Å². The van der Waals surface area contributed by atoms with E-state index in [2.05, 4.69) is 15.7 Å². The van der Waals surface area contributed by atoms with Crippen LogP contribution in [0.5, 0.6) is 0 Å². The van der Waals surface area contributed by atoms with Crippen LogP contribution in [-0.2, 0) is 17.3 Å². The molecule has 2 fully saturated rings. The maximum atomic E-state index is 13.2. The Morgan fingerprint density at radius 2 is 2.07 bits per heavy atom. The maximum absolute atomic E-state index is 13.2. The van der Waals surface area contributed by atoms with Crippen LogP contribution in [0.2, 0.25) is 0 Å². The van der Waals surface area contributed by atoms with Crippen molar-refractivity contribution in [2.24, 2.45) is 13.0 Å². The zero-order chi connectivity index (χ0) is 18.1. The Morgan fingerprint density at radius 3 is 2.67 bits per heavy atom. The molecular weight excluding hydrogens is 367 g/mol. The molecule has 0 unspecified atom stereocenters. The molecular formula is C20H26ClFN4O. The minimum atomic E-state index is -0.219. The highest BCUT2D eigenvalue weighted by molar-refractivity contribution is 5.85. The average molecular weight is 393 g/mol. The number of carbonyl (C=O) groups is 1. The Hall–Kier alpha value is -1.92. The first-order chi connectivity index (χ1) is 12.6. The van der Waals surface area contributed by atoms with Gasteiger partial charge in [-0.1, -0.05) is 18.6 Å². The summed E-state index contributed by atoms with van der Waals surface area (Å²) < 4.78 is 15.0. The number of rotatable bonds is 5. The third-order valence-corrected chi connectivity index (χ3v) is 6.07. The lowest BCUT2D eigenvalue weighted by Crippen LogP contribution is -2.47. The van der Waals surface area contributed by atoms with Crippen molar-refractivity contribution in [3.63, 3.8) is 0 Å². The topological polar surface area (TPSA) is 59.0 Å². The monoisotopic (exact) mass is 392 g/mol. The molecule has 2 N–H and O–H groups in total. The fraction of sp³-hybridized carbons (Fsp3) is 0.500. The highest BCUT2D eigenvalue weighted by Crippen LogP contribution is 2.43. The van der Waals surface area contributed by atoms with E-state index in [1.165, 1.54) is 12.1 Å². The van der Waals surface area contributed by atoms with Crippen LogP contribution < -0.4 is 10.6 Å². The van der Waals surface area contributed by atoms with E-state index in [9.17, 15) is 9.18 Å². The Kier molecular flexibility index (Phi) is 5.86. The first-order valence-electron chi connectivity index (χ1n) is 9.30. The quantitative estimate of drug-likeness (QED) is 0.822. The number of carbonyl (C=O) groups excluding carboxylic acids is 1. The third kappa shape index (κ3) is 3.87. The molecule has 0 radical (unpaired) electrons. The van der Waals surface area contributed by atoms with Gasteiger partial charge in [0.05, 0.1) is 12.1 Å². The zero-order valence-electron chi connectivity index (χ0n) is 15.5. The number of aryl methyl sites for hydroxylation is 1. The number of halogens is 2. The number of hydrogen-bond acceptors (Lipinski definition) is 3. The summed E-state index contributed by atoms with van der Waals surface area (Å²) in [7, 11) is 1.89. The SMILES string of the molecule is Cl.Cn1cc([C@H]2CNC[C@@H]2C(=O)NCC2(c3ccc(F)cc3)CCC2)cn1. The fourth-order valence-electron chi connectivity index (χ4n) is 4.30. The number of amides is 1. The predicted molar refractivity (Wildman–Crippen MR) is 104 cm³/mol. The lowest BCUT2D eigenvalue weighted by molar-refractivity contribution is -0.125. The van der Waals surface area contributed by atoms with Crippen LogP contribution in [0, 0.1) is 11.7 Å². The van der Waals surface area contributed by atoms with Gasteiger partial charge in [0.25, 0.3) is 0 Å². The summed E-state index contributed by atoms with van der Waals surface area (Å²) in [6, 6.07) is 6.74. The molecule has 2 aromatic rings. The normalized spacial score (nSPS) is 23.3. The van der Waals surface area contributed by atoms with Gasteiger partial charge in [-0.15, -0.1) is 12.4 Å². The van der Waals surface area contributed by atoms with Crippen LogP contribution in [-0.4, -0.2) is 35.3 Å². The van der Waals surface area contributed by atoms with E-state index in [1.807, 2.05) is 31.6 Å². The minimum absolute atomic E-state index is 0. The predicted octanol–water partition coefficient (Wildman–Crippen LogP) is 2.52. The van der Waals surface area contributed by atoms with Crippen LogP contribution in [0.3, 0.4) is 0 Å². The molecule has 1 saturated heterocycles. The van der Waals surface area contributed by atoms with Gasteiger partial charge in [-0.05, 0) is 36.1 Å². The van der Waals surface area contributed by atoms with E-state index >= 15 is 0 Å². The molecule has 0 bridgehead atoms. The molecule has 1 aromatic heterocycles. The maximum Gasteiger partial charge on any atom is 0.225 e. The minimum Gasteiger partial charge on any atom is -0.355 e. The van der Waals surface area contributed by atoms with E-state index in [4.69, 9.17) is 0 Å². The standard InChI is InChI=1S/C20H25FN4O.ClH/c1-25-12-14(9-24-25)17-10-22-11-18(17)19(26)23-13-20(7-2-8-20)15-3-5-16(21)6-4-15;/h3-6,9,12,17-18,22H,2,7-8,10-11,13H2,1H3,(H,23,26);1H/t17-,18+;/m1./s1. The smallest absolute Gasteiger partial charge is 0.225 e. The Labute approximate surface area is 165 Å². The molecule has 146 valence electrons. The number of hydrogen-bond donors (Lipinski definition) is 2. The molecule has 5 nitrogen and oxygen atoms in total. The molecule has 1 aliphatic carbocycles. The van der Waals surface area contributed by atoms with Gasteiger partial charge in [0.2, 0.25) is 5.91 Å². The van der Waals surface area contributed by atoms with Crippen LogP contribution in [0.1, 0.15) is 36.3 Å². The number of benzene rings is 1. The molecule has 2 atom stereocenters. The Balaban J connectivity index is 0.00000210. The first-order valence-corrected chi connectivity index (χ1v) is 9.30. The van der Waals surface area contributed by atoms with Crippen molar-refractivity contribution in [3.8, 4) is 0 Å². The van der Waals surface area contributed by atoms with Gasteiger partial charge in [-0.25, -0.2) is 4.39 Å². The average Bonchev–Trinajstić information content (AvgIpc) is 3.23. The van der Waals surface area contributed by atoms with Gasteiger partial charge >= 0.3 is 0 Å². The third-order valence-electron chi connectivity index (χ3n) is 6.07. The molecule has 1 saturated carbocycles. The molecule has 27 heavy (non-hydrogen) atoms. The summed E-state index contributed by atoms with van der Waals surface area (Å²) in [4.78, 5) is 12.9. The summed E-state index contributed by atoms with van der Waals surface area (Å²) in [6.07, 6.45) is 7.06. The first kappa shape index (κ1) is 19.8. The second-order valence-corrected chi connectivity index (χ2v) is 7.68. The molecule has 4 rings (SSSR count). The molecule has 1 aromatic carbocycles. The van der Waals surface area contributed by atoms with Crippen molar-refractivity contribution in [2.75, 3.05) is 19.6 Å². The molecule has 0 spiro atoms. The lowest BCUT2D eigenvalue weighted by Gasteiger charge is -2.43. The zero-order valence-corrected chi connectivity index (χ0v) is 16.3. The van der Waals surface area contributed by atoms with Crippen molar-refractivity contribution < 1.29 is 9.18 Å². The Bertz CT molecular complexity index is 788. The number of nitrogens with zero attached hydrogens (tertiary/aromatic N) is 2. The van der Waals surface area contributed by atoms with Crippen LogP contribution in [0.4, 0.5) is 4.39 Å². The van der Waals surface area contributed by atoms with Gasteiger partial charge in [-0.2, -0.15) is 5.10 Å². The summed E-state index contributed by atoms with van der Waals surface area (Å²) in [5.41, 5.74) is 2.19. The molecule has 7 heteroatoms. The van der Waals surface area contributed by atoms with Crippen LogP contribution in [0.15, 0.2) is 36.7 Å². The highest BCUT2D eigenvalue weighted by Gasteiger charge is 2.40. The van der Waals surface area contributed by atoms with Gasteiger partial charge in [-0.3, -0.25) is 9.48 Å². The summed E-state index contributed by atoms with van der Waals surface area (Å²) in [6.45, 7) is 2.11. The van der Waals surface area contributed by atoms with Crippen LogP contribution in [0.25, 0.3) is 0 Å². The van der Waals surface area contributed by atoms with Crippen LogP contribution >= 0.6 is 12.4 Å². The summed E-state index contributed by atoms with van der Waals surface area (Å²) >= 11 is 0. The van der Waals surface area contributed by atoms with Crippen molar-refractivity contribution in [2.45, 2.75) is 30.6 Å². The molecule has 2 heterocycles. The van der Waals surface area contributed by atoms with Crippen molar-refractivity contribution in [1.82, 2.24) is 20.4 Å². The van der Waals surface area contributed by atoms with E-state index < -0.39 is 0 Å². The van der Waals surface area contributed by atoms with E-state index in [-0.39, 0.29) is 41.4 Å². The number of aromatic nitrogens is 2. The molecule has 1 amide bonds. The van der Waals surface area contributed by atoms with E-state index in [0.29, 0.717) is 13.1 Å². The van der Waals surface area contributed by atoms with Crippen molar-refractivity contribution in [3.05, 3.63) is 53.6 Å². The van der Waals surface area contributed by atoms with E-state index in [0.717, 1.165) is 36.9 Å². The molecule has 2 aliphatic rings. The lowest BCUT2D eigenvalue weighted by atomic mass is 9.64. The second-order valence-electron chi connectivity index (χ2n) is 7.68. The Morgan fingerprint density at radius 1 is 1.33 bits per heavy atom. The van der Waals surface area contributed by atoms with Gasteiger partial charge < -0.3 is 10.6 Å². The van der Waals surface area contributed by atoms with Gasteiger partial charge in [0, 0.05) is 44.2 Å². The largest absolute Gasteiger partial charge is 0.355 e. The second kappa shape index (κ2) is 7.98. The molecule has 1 aliphatic heterocycles. The fourth-order valence-corrected chi connectivity index (χ4v) is 4.30. The highest BCUT2D eigenvalue weighted by atomic mass is 35.5. The van der Waals surface area contributed by atoms with Gasteiger partial charge in [0.1, 0.15) is 5.82 Å². The van der Waals surface area contributed by atoms with E-state index in [1.54, 1.807) is 4.68 Å². The van der Waals surface area contributed by atoms with Gasteiger partial charge in [0.15, 0.2) is 0 Å². The number of nitrogens with one attached hydrogen (secondary N) is 2.